The van der Waals surface area contributed by atoms with Crippen LogP contribution < -0.4 is 16.4 Å². The fourth-order valence-corrected chi connectivity index (χ4v) is 3.05. The maximum atomic E-state index is 12.8. The second-order valence-corrected chi connectivity index (χ2v) is 7.88. The summed E-state index contributed by atoms with van der Waals surface area (Å²) in [6, 6.07) is 11.4. The number of primary amides is 1. The molecule has 9 heteroatoms. The van der Waals surface area contributed by atoms with E-state index in [4.69, 9.17) is 14.9 Å². The van der Waals surface area contributed by atoms with E-state index in [0.29, 0.717) is 16.7 Å². The summed E-state index contributed by atoms with van der Waals surface area (Å²) in [6.07, 6.45) is -0.608. The Morgan fingerprint density at radius 2 is 1.90 bits per heavy atom. The molecule has 0 saturated carbocycles. The number of benzene rings is 2. The van der Waals surface area contributed by atoms with Crippen molar-refractivity contribution in [2.24, 2.45) is 11.7 Å². The van der Waals surface area contributed by atoms with Gasteiger partial charge in [0.05, 0.1) is 6.61 Å². The molecular weight excluding hydrogens is 454 g/mol. The van der Waals surface area contributed by atoms with Crippen molar-refractivity contribution in [1.82, 2.24) is 0 Å². The first-order chi connectivity index (χ1) is 14.2. The van der Waals surface area contributed by atoms with Crippen molar-refractivity contribution >= 4 is 56.2 Å². The van der Waals surface area contributed by atoms with Crippen LogP contribution in [0, 0.1) is 5.92 Å². The van der Waals surface area contributed by atoms with Gasteiger partial charge in [0, 0.05) is 21.1 Å². The van der Waals surface area contributed by atoms with Crippen LogP contribution in [-0.4, -0.2) is 24.5 Å². The van der Waals surface area contributed by atoms with E-state index in [1.54, 1.807) is 36.4 Å². The number of carbonyl (C=O) groups is 3. The van der Waals surface area contributed by atoms with Gasteiger partial charge in [0.1, 0.15) is 11.3 Å². The van der Waals surface area contributed by atoms with Crippen LogP contribution in [0.1, 0.15) is 34.8 Å². The number of nitrogens with two attached hydrogens (primary N) is 1. The van der Waals surface area contributed by atoms with Gasteiger partial charge in [0.15, 0.2) is 0 Å². The number of amides is 3. The zero-order chi connectivity index (χ0) is 21.8. The molecule has 156 valence electrons. The second-order valence-electron chi connectivity index (χ2n) is 6.96. The molecule has 0 unspecified atom stereocenters. The highest BCUT2D eigenvalue weighted by molar-refractivity contribution is 9.10. The van der Waals surface area contributed by atoms with Gasteiger partial charge in [-0.25, -0.2) is 4.79 Å². The number of hydrogen-bond acceptors (Lipinski definition) is 5. The van der Waals surface area contributed by atoms with E-state index in [1.165, 1.54) is 6.07 Å². The lowest BCUT2D eigenvalue weighted by atomic mass is 10.1. The number of carbonyl (C=O) groups excluding carboxylic acids is 3. The van der Waals surface area contributed by atoms with Gasteiger partial charge < -0.3 is 20.2 Å². The van der Waals surface area contributed by atoms with Crippen LogP contribution in [0.15, 0.2) is 51.4 Å². The minimum atomic E-state index is -0.805. The lowest BCUT2D eigenvalue weighted by Gasteiger charge is -2.10. The Bertz CT molecular complexity index is 1120. The van der Waals surface area contributed by atoms with Crippen LogP contribution in [0.2, 0.25) is 0 Å². The molecular formula is C21H20BrN3O5. The fraction of sp³-hybridized carbons (Fsp3) is 0.190. The Balaban J connectivity index is 1.83. The van der Waals surface area contributed by atoms with E-state index in [2.05, 4.69) is 26.6 Å². The highest BCUT2D eigenvalue weighted by Gasteiger charge is 2.21. The van der Waals surface area contributed by atoms with Crippen molar-refractivity contribution in [2.75, 3.05) is 17.2 Å². The van der Waals surface area contributed by atoms with Gasteiger partial charge in [-0.2, -0.15) is 0 Å². The SMILES string of the molecule is CC(C)COC(=O)Nc1cccc(C(=O)Nc2c(C(N)=O)oc3ccc(Br)cc23)c1. The first kappa shape index (κ1) is 21.4. The van der Waals surface area contributed by atoms with E-state index in [0.717, 1.165) is 4.47 Å². The smallest absolute Gasteiger partial charge is 0.411 e. The number of fused-ring (bicyclic) bond motifs is 1. The summed E-state index contributed by atoms with van der Waals surface area (Å²) in [7, 11) is 0. The number of nitrogens with one attached hydrogen (secondary N) is 2. The van der Waals surface area contributed by atoms with E-state index in [-0.39, 0.29) is 29.5 Å². The molecule has 8 nitrogen and oxygen atoms in total. The first-order valence-electron chi connectivity index (χ1n) is 9.11. The molecule has 1 aromatic heterocycles. The Morgan fingerprint density at radius 3 is 2.60 bits per heavy atom. The monoisotopic (exact) mass is 473 g/mol. The summed E-state index contributed by atoms with van der Waals surface area (Å²) in [6.45, 7) is 4.14. The standard InChI is InChI=1S/C21H20BrN3O5/c1-11(2)10-29-21(28)24-14-5-3-4-12(8-14)20(27)25-17-15-9-13(22)6-7-16(15)30-18(17)19(23)26/h3-9,11H,10H2,1-2H3,(H2,23,26)(H,24,28)(H,25,27). The van der Waals surface area contributed by atoms with Crippen LogP contribution in [0.25, 0.3) is 11.0 Å². The second kappa shape index (κ2) is 9.00. The summed E-state index contributed by atoms with van der Waals surface area (Å²) in [5.41, 5.74) is 6.64. The lowest BCUT2D eigenvalue weighted by molar-refractivity contribution is 0.0977. The van der Waals surface area contributed by atoms with Crippen molar-refractivity contribution in [3.8, 4) is 0 Å². The van der Waals surface area contributed by atoms with Crippen molar-refractivity contribution < 1.29 is 23.5 Å². The summed E-state index contributed by atoms with van der Waals surface area (Å²) < 4.78 is 11.3. The van der Waals surface area contributed by atoms with Crippen molar-refractivity contribution in [1.29, 1.82) is 0 Å². The maximum Gasteiger partial charge on any atom is 0.411 e. The molecule has 0 atom stereocenters. The molecule has 0 aliphatic rings. The van der Waals surface area contributed by atoms with Crippen molar-refractivity contribution in [3.05, 3.63) is 58.3 Å². The molecule has 3 aromatic rings. The molecule has 0 fully saturated rings. The zero-order valence-electron chi connectivity index (χ0n) is 16.3. The normalized spacial score (nSPS) is 10.8. The third kappa shape index (κ3) is 4.98. The van der Waals surface area contributed by atoms with E-state index in [9.17, 15) is 14.4 Å². The minimum absolute atomic E-state index is 0.150. The molecule has 3 amide bonds. The number of hydrogen-bond donors (Lipinski definition) is 3. The topological polar surface area (TPSA) is 124 Å². The summed E-state index contributed by atoms with van der Waals surface area (Å²) in [5.74, 6) is -1.25. The lowest BCUT2D eigenvalue weighted by Crippen LogP contribution is -2.18. The minimum Gasteiger partial charge on any atom is -0.449 e. The summed E-state index contributed by atoms with van der Waals surface area (Å²) in [5, 5.41) is 5.78. The molecule has 0 saturated heterocycles. The van der Waals surface area contributed by atoms with Gasteiger partial charge in [-0.3, -0.25) is 14.9 Å². The highest BCUT2D eigenvalue weighted by Crippen LogP contribution is 2.33. The zero-order valence-corrected chi connectivity index (χ0v) is 17.9. The Morgan fingerprint density at radius 1 is 1.13 bits per heavy atom. The van der Waals surface area contributed by atoms with Crippen LogP contribution in [-0.2, 0) is 4.74 Å². The van der Waals surface area contributed by atoms with Gasteiger partial charge in [0.2, 0.25) is 5.76 Å². The largest absolute Gasteiger partial charge is 0.449 e. The van der Waals surface area contributed by atoms with Gasteiger partial charge in [-0.15, -0.1) is 0 Å². The van der Waals surface area contributed by atoms with Crippen LogP contribution in [0.4, 0.5) is 16.2 Å². The number of halogens is 1. The molecule has 4 N–H and O–H groups in total. The first-order valence-corrected chi connectivity index (χ1v) is 9.91. The van der Waals surface area contributed by atoms with Crippen LogP contribution in [0.3, 0.4) is 0 Å². The van der Waals surface area contributed by atoms with E-state index >= 15 is 0 Å². The van der Waals surface area contributed by atoms with Gasteiger partial charge >= 0.3 is 6.09 Å². The third-order valence-electron chi connectivity index (χ3n) is 4.03. The Kier molecular flexibility index (Phi) is 6.41. The Hall–Kier alpha value is -3.33. The molecule has 0 spiro atoms. The number of furan rings is 1. The summed E-state index contributed by atoms with van der Waals surface area (Å²) >= 11 is 3.36. The van der Waals surface area contributed by atoms with Gasteiger partial charge in [0.25, 0.3) is 11.8 Å². The average Bonchev–Trinajstić information content (AvgIpc) is 3.04. The fourth-order valence-electron chi connectivity index (χ4n) is 2.69. The molecule has 3 rings (SSSR count). The molecule has 2 aromatic carbocycles. The van der Waals surface area contributed by atoms with E-state index < -0.39 is 17.9 Å². The molecule has 0 bridgehead atoms. The van der Waals surface area contributed by atoms with Gasteiger partial charge in [-0.05, 0) is 42.3 Å². The van der Waals surface area contributed by atoms with Crippen molar-refractivity contribution in [2.45, 2.75) is 13.8 Å². The average molecular weight is 474 g/mol. The third-order valence-corrected chi connectivity index (χ3v) is 4.52. The molecule has 0 radical (unpaired) electrons. The van der Waals surface area contributed by atoms with Crippen LogP contribution >= 0.6 is 15.9 Å². The number of ether oxygens (including phenoxy) is 1. The van der Waals surface area contributed by atoms with Gasteiger partial charge in [-0.1, -0.05) is 35.8 Å². The Labute approximate surface area is 180 Å². The molecule has 0 aliphatic heterocycles. The van der Waals surface area contributed by atoms with E-state index in [1.807, 2.05) is 13.8 Å². The maximum absolute atomic E-state index is 12.8. The highest BCUT2D eigenvalue weighted by atomic mass is 79.9. The summed E-state index contributed by atoms with van der Waals surface area (Å²) in [4.78, 5) is 36.4. The predicted octanol–water partition coefficient (Wildman–Crippen LogP) is 4.75. The quantitative estimate of drug-likeness (QED) is 0.476. The molecule has 0 aliphatic carbocycles. The molecule has 1 heterocycles. The molecule has 30 heavy (non-hydrogen) atoms. The van der Waals surface area contributed by atoms with Crippen LogP contribution in [0.5, 0.6) is 0 Å². The van der Waals surface area contributed by atoms with Crippen molar-refractivity contribution in [3.63, 3.8) is 0 Å². The number of rotatable bonds is 6. The predicted molar refractivity (Wildman–Crippen MR) is 117 cm³/mol. The number of anilines is 2.